The van der Waals surface area contributed by atoms with Crippen LogP contribution in [0.1, 0.15) is 31.9 Å². The lowest BCUT2D eigenvalue weighted by molar-refractivity contribution is -0.121. The average Bonchev–Trinajstić information content (AvgIpc) is 2.71. The van der Waals surface area contributed by atoms with Gasteiger partial charge in [-0.05, 0) is 49.2 Å². The summed E-state index contributed by atoms with van der Waals surface area (Å²) in [5.41, 5.74) is 1.06. The van der Waals surface area contributed by atoms with Gasteiger partial charge in [0.2, 0.25) is 5.91 Å². The summed E-state index contributed by atoms with van der Waals surface area (Å²) >= 11 is 1.49. The van der Waals surface area contributed by atoms with Crippen LogP contribution in [0.25, 0.3) is 0 Å². The molecule has 0 saturated heterocycles. The third kappa shape index (κ3) is 5.57. The Kier molecular flexibility index (Phi) is 7.85. The van der Waals surface area contributed by atoms with Crippen molar-refractivity contribution in [1.29, 1.82) is 0 Å². The molecule has 0 aliphatic heterocycles. The van der Waals surface area contributed by atoms with Crippen molar-refractivity contribution in [2.45, 2.75) is 36.5 Å². The number of carbonyl (C=O) groups excluding carboxylic acids is 1. The lowest BCUT2D eigenvalue weighted by atomic mass is 10.0. The topological polar surface area (TPSA) is 56.8 Å². The van der Waals surface area contributed by atoms with E-state index in [1.165, 1.54) is 11.8 Å². The number of nitrogens with one attached hydrogen (secondary N) is 1. The predicted octanol–water partition coefficient (Wildman–Crippen LogP) is 4.46. The second-order valence-electron chi connectivity index (χ2n) is 6.02. The molecule has 1 amide bonds. The summed E-state index contributed by atoms with van der Waals surface area (Å²) in [6, 6.07) is 13.4. The van der Waals surface area contributed by atoms with Crippen molar-refractivity contribution in [2.75, 3.05) is 21.3 Å². The van der Waals surface area contributed by atoms with Crippen LogP contribution in [0.5, 0.6) is 17.2 Å². The minimum atomic E-state index is -0.240. The maximum Gasteiger partial charge on any atom is 0.233 e. The van der Waals surface area contributed by atoms with Crippen LogP contribution in [0.2, 0.25) is 0 Å². The van der Waals surface area contributed by atoms with Gasteiger partial charge in [-0.3, -0.25) is 4.79 Å². The van der Waals surface area contributed by atoms with Crippen molar-refractivity contribution in [3.8, 4) is 17.2 Å². The van der Waals surface area contributed by atoms with Gasteiger partial charge in [0.1, 0.15) is 5.75 Å². The molecule has 0 fully saturated rings. The highest BCUT2D eigenvalue weighted by Gasteiger charge is 2.19. The van der Waals surface area contributed by atoms with E-state index < -0.39 is 0 Å². The molecule has 0 unspecified atom stereocenters. The molecule has 1 N–H and O–H groups in total. The van der Waals surface area contributed by atoms with Gasteiger partial charge in [0.05, 0.1) is 32.6 Å². The van der Waals surface area contributed by atoms with Gasteiger partial charge in [0, 0.05) is 4.90 Å². The maximum atomic E-state index is 12.7. The molecule has 0 radical (unpaired) electrons. The van der Waals surface area contributed by atoms with E-state index in [-0.39, 0.29) is 17.2 Å². The Balaban J connectivity index is 2.03. The Morgan fingerprint density at radius 2 is 1.67 bits per heavy atom. The third-order valence-electron chi connectivity index (χ3n) is 4.28. The molecule has 0 heterocycles. The summed E-state index contributed by atoms with van der Waals surface area (Å²) in [7, 11) is 4.84. The Bertz CT molecular complexity index is 748. The average molecular weight is 390 g/mol. The summed E-state index contributed by atoms with van der Waals surface area (Å²) in [5, 5.41) is 2.89. The first-order valence-electron chi connectivity index (χ1n) is 8.85. The molecule has 0 bridgehead atoms. The van der Waals surface area contributed by atoms with E-state index in [4.69, 9.17) is 14.2 Å². The van der Waals surface area contributed by atoms with E-state index in [2.05, 4.69) is 12.2 Å². The number of thioether (sulfide) groups is 1. The van der Waals surface area contributed by atoms with Crippen molar-refractivity contribution in [3.63, 3.8) is 0 Å². The molecule has 5 nitrogen and oxygen atoms in total. The lowest BCUT2D eigenvalue weighted by Gasteiger charge is -2.20. The van der Waals surface area contributed by atoms with E-state index in [0.29, 0.717) is 11.5 Å². The SMILES string of the molecule is CC[C@H](NC(=O)[C@@H](C)Sc1ccc(OC)c(OC)c1)c1ccc(OC)cc1. The Labute approximate surface area is 165 Å². The number of amides is 1. The van der Waals surface area contributed by atoms with Gasteiger partial charge < -0.3 is 19.5 Å². The number of hydrogen-bond donors (Lipinski definition) is 1. The standard InChI is InChI=1S/C21H27NO4S/c1-6-18(15-7-9-16(24-3)10-8-15)22-21(23)14(2)27-17-11-12-19(25-4)20(13-17)26-5/h7-14,18H,6H2,1-5H3,(H,22,23)/t14-,18+/m1/s1. The number of ether oxygens (including phenoxy) is 3. The number of benzene rings is 2. The van der Waals surface area contributed by atoms with Crippen LogP contribution >= 0.6 is 11.8 Å². The van der Waals surface area contributed by atoms with E-state index in [9.17, 15) is 4.79 Å². The molecular formula is C21H27NO4S. The first-order valence-corrected chi connectivity index (χ1v) is 9.73. The molecule has 0 saturated carbocycles. The summed E-state index contributed by atoms with van der Waals surface area (Å²) < 4.78 is 15.8. The van der Waals surface area contributed by atoms with Crippen molar-refractivity contribution in [3.05, 3.63) is 48.0 Å². The smallest absolute Gasteiger partial charge is 0.233 e. The third-order valence-corrected chi connectivity index (χ3v) is 5.37. The zero-order valence-corrected chi connectivity index (χ0v) is 17.3. The Morgan fingerprint density at radius 3 is 2.22 bits per heavy atom. The first kappa shape index (κ1) is 21.0. The number of carbonyl (C=O) groups is 1. The van der Waals surface area contributed by atoms with Crippen LogP contribution in [0.3, 0.4) is 0 Å². The summed E-state index contributed by atoms with van der Waals surface area (Å²) in [6.07, 6.45) is 0.811. The largest absolute Gasteiger partial charge is 0.497 e. The second-order valence-corrected chi connectivity index (χ2v) is 7.43. The Morgan fingerprint density at radius 1 is 1.00 bits per heavy atom. The molecule has 27 heavy (non-hydrogen) atoms. The molecule has 146 valence electrons. The van der Waals surface area contributed by atoms with E-state index >= 15 is 0 Å². The molecule has 6 heteroatoms. The minimum Gasteiger partial charge on any atom is -0.497 e. The van der Waals surface area contributed by atoms with Crippen LogP contribution in [0.4, 0.5) is 0 Å². The van der Waals surface area contributed by atoms with Gasteiger partial charge in [0.25, 0.3) is 0 Å². The maximum absolute atomic E-state index is 12.7. The molecular weight excluding hydrogens is 362 g/mol. The van der Waals surface area contributed by atoms with Crippen molar-refractivity contribution < 1.29 is 19.0 Å². The van der Waals surface area contributed by atoms with E-state index in [1.54, 1.807) is 21.3 Å². The fraction of sp³-hybridized carbons (Fsp3) is 0.381. The van der Waals surface area contributed by atoms with Crippen LogP contribution in [-0.2, 0) is 4.79 Å². The number of rotatable bonds is 9. The first-order chi connectivity index (χ1) is 13.0. The monoisotopic (exact) mass is 389 g/mol. The van der Waals surface area contributed by atoms with Crippen LogP contribution < -0.4 is 19.5 Å². The van der Waals surface area contributed by atoms with Gasteiger partial charge in [-0.2, -0.15) is 0 Å². The molecule has 2 rings (SSSR count). The normalized spacial score (nSPS) is 12.8. The highest BCUT2D eigenvalue weighted by molar-refractivity contribution is 8.00. The van der Waals surface area contributed by atoms with Crippen molar-refractivity contribution in [1.82, 2.24) is 5.32 Å². The molecule has 2 atom stereocenters. The lowest BCUT2D eigenvalue weighted by Crippen LogP contribution is -2.34. The van der Waals surface area contributed by atoms with E-state index in [1.807, 2.05) is 49.4 Å². The van der Waals surface area contributed by atoms with E-state index in [0.717, 1.165) is 22.6 Å². The molecule has 0 spiro atoms. The van der Waals surface area contributed by atoms with Crippen molar-refractivity contribution in [2.24, 2.45) is 0 Å². The summed E-state index contributed by atoms with van der Waals surface area (Å²) in [4.78, 5) is 13.6. The molecule has 2 aromatic rings. The van der Waals surface area contributed by atoms with Crippen LogP contribution in [0.15, 0.2) is 47.4 Å². The zero-order valence-electron chi connectivity index (χ0n) is 16.4. The fourth-order valence-corrected chi connectivity index (χ4v) is 3.60. The number of methoxy groups -OCH3 is 3. The van der Waals surface area contributed by atoms with Crippen molar-refractivity contribution >= 4 is 17.7 Å². The number of hydrogen-bond acceptors (Lipinski definition) is 5. The van der Waals surface area contributed by atoms with Gasteiger partial charge in [-0.1, -0.05) is 19.1 Å². The fourth-order valence-electron chi connectivity index (χ4n) is 2.69. The second kappa shape index (κ2) is 10.1. The minimum absolute atomic E-state index is 0.00236. The molecule has 0 aromatic heterocycles. The highest BCUT2D eigenvalue weighted by atomic mass is 32.2. The summed E-state index contributed by atoms with van der Waals surface area (Å²) in [6.45, 7) is 3.96. The molecule has 2 aromatic carbocycles. The molecule has 0 aliphatic carbocycles. The van der Waals surface area contributed by atoms with Gasteiger partial charge in [0.15, 0.2) is 11.5 Å². The highest BCUT2D eigenvalue weighted by Crippen LogP contribution is 2.33. The predicted molar refractivity (Wildman–Crippen MR) is 109 cm³/mol. The van der Waals surface area contributed by atoms with Gasteiger partial charge in [-0.25, -0.2) is 0 Å². The zero-order chi connectivity index (χ0) is 19.8. The molecule has 0 aliphatic rings. The van der Waals surface area contributed by atoms with Gasteiger partial charge >= 0.3 is 0 Å². The van der Waals surface area contributed by atoms with Crippen LogP contribution in [-0.4, -0.2) is 32.5 Å². The van der Waals surface area contributed by atoms with Gasteiger partial charge in [-0.15, -0.1) is 11.8 Å². The summed E-state index contributed by atoms with van der Waals surface area (Å²) in [5.74, 6) is 2.12. The quantitative estimate of drug-likeness (QED) is 0.642. The Hall–Kier alpha value is -2.34. The van der Waals surface area contributed by atoms with Crippen LogP contribution in [0, 0.1) is 0 Å².